The number of benzene rings is 1. The first kappa shape index (κ1) is 17.7. The van der Waals surface area contributed by atoms with Gasteiger partial charge < -0.3 is 24.9 Å². The maximum atomic E-state index is 12.6. The van der Waals surface area contributed by atoms with E-state index < -0.39 is 12.2 Å². The van der Waals surface area contributed by atoms with Crippen molar-refractivity contribution in [3.05, 3.63) is 53.4 Å². The minimum Gasteiger partial charge on any atom is -0.758 e. The van der Waals surface area contributed by atoms with Crippen LogP contribution >= 0.6 is 0 Å². The second kappa shape index (κ2) is 7.41. The highest BCUT2D eigenvalue weighted by atomic mass is 19.3. The zero-order chi connectivity index (χ0) is 17.9. The molecule has 5 nitrogen and oxygen atoms in total. The standard InChI is InChI=1S/C18H20F2NO4/c19-17(20)25-15-6-5-14(11-16(15)24-12-13-3-4-13)18(8-10-22)7-1-2-9-21(18)23/h1-2,5-7,9,11,13,17,22H,3-4,8,10,12H2/q-1. The van der Waals surface area contributed by atoms with Crippen molar-refractivity contribution < 1.29 is 23.4 Å². The van der Waals surface area contributed by atoms with Crippen molar-refractivity contribution in [2.45, 2.75) is 31.4 Å². The molecule has 1 N–H and O–H groups in total. The van der Waals surface area contributed by atoms with Crippen LogP contribution in [0.25, 0.3) is 0 Å². The van der Waals surface area contributed by atoms with Gasteiger partial charge in [-0.2, -0.15) is 8.78 Å². The first-order chi connectivity index (χ1) is 12.0. The van der Waals surface area contributed by atoms with Gasteiger partial charge >= 0.3 is 6.61 Å². The van der Waals surface area contributed by atoms with Crippen LogP contribution in [0.15, 0.2) is 42.6 Å². The summed E-state index contributed by atoms with van der Waals surface area (Å²) in [6, 6.07) is 4.47. The van der Waals surface area contributed by atoms with E-state index in [1.165, 1.54) is 12.3 Å². The lowest BCUT2D eigenvalue weighted by Crippen LogP contribution is -2.40. The molecule has 1 aromatic rings. The van der Waals surface area contributed by atoms with Crippen LogP contribution in [0.2, 0.25) is 0 Å². The summed E-state index contributed by atoms with van der Waals surface area (Å²) < 4.78 is 35.5. The van der Waals surface area contributed by atoms with Crippen LogP contribution in [0.3, 0.4) is 0 Å². The molecule has 0 radical (unpaired) electrons. The molecule has 0 bridgehead atoms. The Morgan fingerprint density at radius 3 is 2.72 bits per heavy atom. The van der Waals surface area contributed by atoms with Gasteiger partial charge in [0.1, 0.15) is 0 Å². The third-order valence-electron chi connectivity index (χ3n) is 4.42. The summed E-state index contributed by atoms with van der Waals surface area (Å²) in [5, 5.41) is 22.6. The van der Waals surface area contributed by atoms with Crippen LogP contribution in [0, 0.1) is 11.1 Å². The number of halogens is 2. The maximum absolute atomic E-state index is 12.6. The predicted molar refractivity (Wildman–Crippen MR) is 88.2 cm³/mol. The molecule has 1 unspecified atom stereocenters. The van der Waals surface area contributed by atoms with Gasteiger partial charge in [-0.05, 0) is 48.7 Å². The summed E-state index contributed by atoms with van der Waals surface area (Å²) in [5.74, 6) is 0.549. The first-order valence-corrected chi connectivity index (χ1v) is 8.20. The van der Waals surface area contributed by atoms with Crippen LogP contribution in [-0.4, -0.2) is 30.0 Å². The molecule has 1 aliphatic carbocycles. The highest BCUT2D eigenvalue weighted by Crippen LogP contribution is 2.41. The Morgan fingerprint density at radius 1 is 1.28 bits per heavy atom. The average Bonchev–Trinajstić information content (AvgIpc) is 3.40. The summed E-state index contributed by atoms with van der Waals surface area (Å²) in [6.45, 7) is -2.74. The lowest BCUT2D eigenvalue weighted by Gasteiger charge is -2.48. The summed E-state index contributed by atoms with van der Waals surface area (Å²) in [6.07, 6.45) is 8.64. The molecule has 0 aromatic heterocycles. The topological polar surface area (TPSA) is 65.0 Å². The number of hydrogen-bond donors (Lipinski definition) is 1. The molecular weight excluding hydrogens is 332 g/mol. The minimum atomic E-state index is -2.96. The quantitative estimate of drug-likeness (QED) is 0.775. The van der Waals surface area contributed by atoms with Crippen molar-refractivity contribution in [3.63, 3.8) is 0 Å². The number of allylic oxidation sites excluding steroid dienone is 2. The molecule has 1 aromatic carbocycles. The Balaban J connectivity index is 1.94. The van der Waals surface area contributed by atoms with E-state index >= 15 is 0 Å². The monoisotopic (exact) mass is 352 g/mol. The highest BCUT2D eigenvalue weighted by molar-refractivity contribution is 5.47. The molecule has 0 spiro atoms. The summed E-state index contributed by atoms with van der Waals surface area (Å²) in [7, 11) is 0. The van der Waals surface area contributed by atoms with Crippen molar-refractivity contribution in [2.24, 2.45) is 5.92 Å². The molecule has 7 heteroatoms. The van der Waals surface area contributed by atoms with Crippen molar-refractivity contribution in [3.8, 4) is 11.5 Å². The van der Waals surface area contributed by atoms with Crippen molar-refractivity contribution in [1.29, 1.82) is 0 Å². The number of alkyl halides is 2. The van der Waals surface area contributed by atoms with Crippen LogP contribution < -0.4 is 9.47 Å². The lowest BCUT2D eigenvalue weighted by atomic mass is 9.84. The fraction of sp³-hybridized carbons (Fsp3) is 0.444. The number of hydroxylamine groups is 2. The van der Waals surface area contributed by atoms with Gasteiger partial charge in [0.2, 0.25) is 0 Å². The molecule has 136 valence electrons. The number of ether oxygens (including phenoxy) is 2. The van der Waals surface area contributed by atoms with Crippen LogP contribution in [0.5, 0.6) is 11.5 Å². The average molecular weight is 352 g/mol. The van der Waals surface area contributed by atoms with Gasteiger partial charge in [-0.3, -0.25) is 0 Å². The molecule has 1 fully saturated rings. The summed E-state index contributed by atoms with van der Waals surface area (Å²) in [4.78, 5) is 0. The van der Waals surface area contributed by atoms with E-state index in [0.29, 0.717) is 18.1 Å². The summed E-state index contributed by atoms with van der Waals surface area (Å²) in [5.41, 5.74) is -0.561. The molecule has 1 saturated carbocycles. The zero-order valence-electron chi connectivity index (χ0n) is 13.6. The molecule has 0 saturated heterocycles. The van der Waals surface area contributed by atoms with Gasteiger partial charge in [0.15, 0.2) is 11.5 Å². The Hall–Kier alpha value is -2.12. The smallest absolute Gasteiger partial charge is 0.387 e. The number of aliphatic hydroxyl groups excluding tert-OH is 1. The first-order valence-electron chi connectivity index (χ1n) is 8.20. The summed E-state index contributed by atoms with van der Waals surface area (Å²) >= 11 is 0. The molecule has 2 aliphatic rings. The van der Waals surface area contributed by atoms with Crippen LogP contribution in [0.1, 0.15) is 24.8 Å². The maximum Gasteiger partial charge on any atom is 0.387 e. The third kappa shape index (κ3) is 3.93. The van der Waals surface area contributed by atoms with E-state index in [0.717, 1.165) is 17.9 Å². The Labute approximate surface area is 144 Å². The largest absolute Gasteiger partial charge is 0.758 e. The third-order valence-corrected chi connectivity index (χ3v) is 4.42. The van der Waals surface area contributed by atoms with Gasteiger partial charge in [-0.1, -0.05) is 18.2 Å². The van der Waals surface area contributed by atoms with Gasteiger partial charge in [0, 0.05) is 13.0 Å². The molecule has 1 atom stereocenters. The van der Waals surface area contributed by atoms with Gasteiger partial charge in [0.25, 0.3) is 0 Å². The minimum absolute atomic E-state index is 0.0636. The fourth-order valence-electron chi connectivity index (χ4n) is 2.86. The van der Waals surface area contributed by atoms with E-state index in [2.05, 4.69) is 4.74 Å². The number of hydrogen-bond acceptors (Lipinski definition) is 5. The highest BCUT2D eigenvalue weighted by Gasteiger charge is 2.32. The predicted octanol–water partition coefficient (Wildman–Crippen LogP) is 3.54. The zero-order valence-corrected chi connectivity index (χ0v) is 13.6. The second-order valence-electron chi connectivity index (χ2n) is 6.22. The molecule has 1 heterocycles. The van der Waals surface area contributed by atoms with E-state index in [-0.39, 0.29) is 24.5 Å². The van der Waals surface area contributed by atoms with E-state index in [9.17, 15) is 19.1 Å². The van der Waals surface area contributed by atoms with Gasteiger partial charge in [0.05, 0.1) is 12.1 Å². The van der Waals surface area contributed by atoms with E-state index in [4.69, 9.17) is 4.74 Å². The van der Waals surface area contributed by atoms with Crippen LogP contribution in [0.4, 0.5) is 8.78 Å². The SMILES string of the molecule is [O-]N1C=CC=CC1(CCO)c1ccc(OC(F)F)c(OCC2CC2)c1. The molecular formula is C18H20F2NO4-. The van der Waals surface area contributed by atoms with E-state index in [1.54, 1.807) is 30.4 Å². The Bertz CT molecular complexity index is 660. The Kier molecular flexibility index (Phi) is 5.24. The number of rotatable bonds is 8. The van der Waals surface area contributed by atoms with Crippen LogP contribution in [-0.2, 0) is 5.54 Å². The number of aliphatic hydroxyl groups is 1. The Morgan fingerprint density at radius 2 is 2.08 bits per heavy atom. The van der Waals surface area contributed by atoms with Crippen molar-refractivity contribution in [1.82, 2.24) is 5.06 Å². The second-order valence-corrected chi connectivity index (χ2v) is 6.22. The van der Waals surface area contributed by atoms with Crippen molar-refractivity contribution >= 4 is 0 Å². The fourth-order valence-corrected chi connectivity index (χ4v) is 2.86. The van der Waals surface area contributed by atoms with Gasteiger partial charge in [-0.25, -0.2) is 0 Å². The number of nitrogens with zero attached hydrogens (tertiary/aromatic N) is 1. The van der Waals surface area contributed by atoms with Crippen molar-refractivity contribution in [2.75, 3.05) is 13.2 Å². The lowest BCUT2D eigenvalue weighted by molar-refractivity contribution is -0.0515. The molecule has 3 rings (SSSR count). The van der Waals surface area contributed by atoms with Gasteiger partial charge in [-0.15, -0.1) is 0 Å². The molecule has 0 amide bonds. The van der Waals surface area contributed by atoms with E-state index in [1.807, 2.05) is 0 Å². The normalized spacial score (nSPS) is 22.5. The molecule has 1 aliphatic heterocycles. The molecule has 25 heavy (non-hydrogen) atoms.